The second kappa shape index (κ2) is 18.8. The number of para-hydroxylation sites is 5. The van der Waals surface area contributed by atoms with Gasteiger partial charge in [-0.2, -0.15) is 9.97 Å². The van der Waals surface area contributed by atoms with E-state index in [9.17, 15) is 0 Å². The van der Waals surface area contributed by atoms with Crippen LogP contribution in [0, 0.1) is 6.92 Å². The topological polar surface area (TPSA) is 71.3 Å². The van der Waals surface area contributed by atoms with E-state index in [0.717, 1.165) is 105 Å². The van der Waals surface area contributed by atoms with Gasteiger partial charge in [-0.3, -0.25) is 9.13 Å². The minimum absolute atomic E-state index is 0.537. The summed E-state index contributed by atoms with van der Waals surface area (Å²) >= 11 is 1.81. The lowest BCUT2D eigenvalue weighted by Crippen LogP contribution is -2.07. The van der Waals surface area contributed by atoms with Crippen LogP contribution in [0.2, 0.25) is 0 Å². The van der Waals surface area contributed by atoms with Gasteiger partial charge in [0.15, 0.2) is 17.5 Å². The third-order valence-corrected chi connectivity index (χ3v) is 18.1. The van der Waals surface area contributed by atoms with Crippen molar-refractivity contribution in [2.24, 2.45) is 0 Å². The van der Waals surface area contributed by atoms with Crippen LogP contribution in [0.5, 0.6) is 0 Å². The van der Waals surface area contributed by atoms with Gasteiger partial charge in [0.05, 0.1) is 43.3 Å². The molecule has 0 unspecified atom stereocenters. The molecule has 0 atom stereocenters. The van der Waals surface area contributed by atoms with E-state index in [1.165, 1.54) is 42.7 Å². The molecule has 10 aromatic carbocycles. The van der Waals surface area contributed by atoms with Crippen LogP contribution in [-0.4, -0.2) is 38.2 Å². The van der Waals surface area contributed by atoms with Gasteiger partial charge in [-0.15, -0.1) is 11.3 Å². The molecule has 17 rings (SSSR count). The maximum absolute atomic E-state index is 5.44. The fraction of sp³-hybridized carbons (Fsp3) is 0.0133. The molecule has 0 saturated carbocycles. The van der Waals surface area contributed by atoms with Gasteiger partial charge in [0.2, 0.25) is 5.95 Å². The van der Waals surface area contributed by atoms with Gasteiger partial charge in [-0.05, 0) is 90.8 Å². The number of fused-ring (bicyclic) bond motifs is 14. The van der Waals surface area contributed by atoms with Gasteiger partial charge >= 0.3 is 0 Å². The van der Waals surface area contributed by atoms with E-state index < -0.39 is 0 Å². The molecule has 0 aliphatic heterocycles. The second-order valence-electron chi connectivity index (χ2n) is 21.4. The summed E-state index contributed by atoms with van der Waals surface area (Å²) in [5, 5.41) is 10.6. The van der Waals surface area contributed by atoms with Crippen LogP contribution in [-0.2, 0) is 0 Å². The van der Waals surface area contributed by atoms with E-state index in [4.69, 9.17) is 19.9 Å². The minimum atomic E-state index is 0.537. The van der Waals surface area contributed by atoms with Crippen LogP contribution in [0.1, 0.15) is 11.3 Å². The molecule has 0 N–H and O–H groups in total. The summed E-state index contributed by atoms with van der Waals surface area (Å²) in [4.78, 5) is 21.2. The summed E-state index contributed by atoms with van der Waals surface area (Å²) in [6.07, 6.45) is 7.97. The summed E-state index contributed by atoms with van der Waals surface area (Å²) in [7, 11) is 0. The first-order valence-corrected chi connectivity index (χ1v) is 29.1. The largest absolute Gasteiger partial charge is 0.311 e. The highest BCUT2D eigenvalue weighted by Crippen LogP contribution is 2.44. The Morgan fingerprint density at radius 1 is 0.393 bits per heavy atom. The van der Waals surface area contributed by atoms with Crippen molar-refractivity contribution in [1.29, 1.82) is 0 Å². The maximum atomic E-state index is 5.44. The summed E-state index contributed by atoms with van der Waals surface area (Å²) < 4.78 is 11.7. The van der Waals surface area contributed by atoms with E-state index in [2.05, 4.69) is 256 Å². The molecule has 0 saturated heterocycles. The van der Waals surface area contributed by atoms with E-state index >= 15 is 0 Å². The van der Waals surface area contributed by atoms with Crippen molar-refractivity contribution < 1.29 is 0 Å². The Morgan fingerprint density at radius 2 is 0.940 bits per heavy atom. The first kappa shape index (κ1) is 47.8. The number of allylic oxidation sites excluding steroid dienone is 2. The molecule has 0 aliphatic carbocycles. The molecule has 0 bridgehead atoms. The van der Waals surface area contributed by atoms with Gasteiger partial charge in [-0.1, -0.05) is 189 Å². The lowest BCUT2D eigenvalue weighted by molar-refractivity contribution is 0.951. The van der Waals surface area contributed by atoms with Gasteiger partial charge in [0.25, 0.3) is 0 Å². The van der Waals surface area contributed by atoms with Crippen molar-refractivity contribution in [3.05, 3.63) is 273 Å². The highest BCUT2D eigenvalue weighted by molar-refractivity contribution is 7.26. The van der Waals surface area contributed by atoms with Crippen LogP contribution in [0.3, 0.4) is 0 Å². The third kappa shape index (κ3) is 7.19. The van der Waals surface area contributed by atoms with Crippen LogP contribution in [0.25, 0.3) is 160 Å². The van der Waals surface area contributed by atoms with Crippen molar-refractivity contribution in [3.8, 4) is 57.0 Å². The zero-order chi connectivity index (χ0) is 55.6. The predicted molar refractivity (Wildman–Crippen MR) is 351 cm³/mol. The van der Waals surface area contributed by atoms with Crippen LogP contribution < -0.4 is 0 Å². The van der Waals surface area contributed by atoms with Crippen LogP contribution >= 0.6 is 11.3 Å². The fourth-order valence-electron chi connectivity index (χ4n) is 13.1. The Hall–Kier alpha value is -11.0. The molecule has 7 aromatic heterocycles. The summed E-state index contributed by atoms with van der Waals surface area (Å²) in [6, 6.07) is 84.5. The fourth-order valence-corrected chi connectivity index (χ4v) is 14.3. The molecule has 7 heterocycles. The average molecular weight is 1090 g/mol. The van der Waals surface area contributed by atoms with Gasteiger partial charge < -0.3 is 9.13 Å². The molecule has 17 aromatic rings. The lowest BCUT2D eigenvalue weighted by atomic mass is 10.0. The van der Waals surface area contributed by atoms with E-state index in [-0.39, 0.29) is 0 Å². The minimum Gasteiger partial charge on any atom is -0.311 e. The monoisotopic (exact) mass is 1090 g/mol. The van der Waals surface area contributed by atoms with Crippen molar-refractivity contribution >= 4 is 114 Å². The lowest BCUT2D eigenvalue weighted by Gasteiger charge is -2.13. The maximum Gasteiger partial charge on any atom is 0.238 e. The van der Waals surface area contributed by atoms with Gasteiger partial charge in [0, 0.05) is 93.1 Å². The molecular weight excluding hydrogens is 1040 g/mol. The number of thiophene rings is 1. The van der Waals surface area contributed by atoms with Gasteiger partial charge in [-0.25, -0.2) is 9.97 Å². The number of pyridine rings is 1. The summed E-state index contributed by atoms with van der Waals surface area (Å²) in [6.45, 7) is 6.20. The van der Waals surface area contributed by atoms with Crippen molar-refractivity contribution in [2.45, 2.75) is 6.92 Å². The Bertz CT molecular complexity index is 5530. The zero-order valence-electron chi connectivity index (χ0n) is 45.5. The van der Waals surface area contributed by atoms with Crippen molar-refractivity contribution in [2.75, 3.05) is 0 Å². The number of benzene rings is 10. The number of hydrogen-bond donors (Lipinski definition) is 0. The first-order chi connectivity index (χ1) is 41.6. The Morgan fingerprint density at radius 3 is 1.63 bits per heavy atom. The number of rotatable bonds is 9. The molecular formula is C75H48N8S. The Kier molecular flexibility index (Phi) is 10.7. The molecule has 0 fully saturated rings. The third-order valence-electron chi connectivity index (χ3n) is 16.9. The SMILES string of the molecule is C=C/C=C\c1c(C)n(-c2ccccc2)c2c1ccc1c3ccccc3n(-c3nc(-c4ccccc4)nc(-c4ccc(-c5ccc6c(c5)c5ccccc5n6-c5nccc6c5sc5ccc(-n7c8ccccc8c8ccccc87)cc56)cc4)n3)c12. The molecule has 0 radical (unpaired) electrons. The van der Waals surface area contributed by atoms with E-state index in [1.54, 1.807) is 11.3 Å². The van der Waals surface area contributed by atoms with Crippen LogP contribution in [0.4, 0.5) is 0 Å². The average Bonchev–Trinajstić information content (AvgIpc) is 1.80. The summed E-state index contributed by atoms with van der Waals surface area (Å²) in [5.74, 6) is 2.64. The Balaban J connectivity index is 0.790. The summed E-state index contributed by atoms with van der Waals surface area (Å²) in [5.41, 5.74) is 16.2. The first-order valence-electron chi connectivity index (χ1n) is 28.2. The smallest absolute Gasteiger partial charge is 0.238 e. The number of nitrogens with zero attached hydrogens (tertiary/aromatic N) is 8. The predicted octanol–water partition coefficient (Wildman–Crippen LogP) is 19.4. The van der Waals surface area contributed by atoms with Gasteiger partial charge in [0.1, 0.15) is 0 Å². The molecule has 9 heteroatoms. The quantitative estimate of drug-likeness (QED) is 0.135. The Labute approximate surface area is 486 Å². The molecule has 8 nitrogen and oxygen atoms in total. The van der Waals surface area contributed by atoms with Crippen molar-refractivity contribution in [3.63, 3.8) is 0 Å². The molecule has 84 heavy (non-hydrogen) atoms. The van der Waals surface area contributed by atoms with E-state index in [1.807, 2.05) is 36.5 Å². The highest BCUT2D eigenvalue weighted by atomic mass is 32.1. The normalized spacial score (nSPS) is 12.1. The molecule has 0 spiro atoms. The zero-order valence-corrected chi connectivity index (χ0v) is 46.3. The van der Waals surface area contributed by atoms with Crippen LogP contribution in [0.15, 0.2) is 262 Å². The highest BCUT2D eigenvalue weighted by Gasteiger charge is 2.25. The standard InChI is InChI=1S/C75H48N8S/c1-3-4-23-53-46(2)80(51-21-9-6-10-22-51)69-58(53)38-39-59-56-26-13-18-31-66(56)83(70(59)69)75-78-72(48-19-7-5-8-20-48)77-73(79-75)49-34-32-47(33-35-49)50-36-40-67-61(44-50)57-27-14-17-30-65(57)82(67)74-71-60(42-43-76-74)62-45-52(37-41-68(62)84-71)81-63-28-15-11-24-54(63)55-25-12-16-29-64(55)81/h3-45H,1H2,2H3/b23-4-. The van der Waals surface area contributed by atoms with E-state index in [0.29, 0.717) is 17.6 Å². The second-order valence-corrected chi connectivity index (χ2v) is 22.5. The molecule has 0 aliphatic rings. The number of hydrogen-bond acceptors (Lipinski definition) is 5. The number of aromatic nitrogens is 8. The molecule has 394 valence electrons. The molecule has 0 amide bonds. The van der Waals surface area contributed by atoms with Crippen molar-refractivity contribution in [1.82, 2.24) is 38.2 Å².